The maximum Gasteiger partial charge on any atom is 0.229 e. The molecule has 0 radical (unpaired) electrons. The van der Waals surface area contributed by atoms with Gasteiger partial charge in [0.05, 0.1) is 12.0 Å². The summed E-state index contributed by atoms with van der Waals surface area (Å²) in [4.78, 5) is 14.9. The van der Waals surface area contributed by atoms with Crippen molar-refractivity contribution in [2.24, 2.45) is 22.7 Å². The first-order valence-electron chi connectivity index (χ1n) is 8.01. The highest BCUT2D eigenvalue weighted by Gasteiger charge is 2.59. The molecule has 0 aliphatic heterocycles. The van der Waals surface area contributed by atoms with Crippen LogP contribution in [0.25, 0.3) is 0 Å². The van der Waals surface area contributed by atoms with E-state index in [1.807, 2.05) is 4.90 Å². The Kier molecular flexibility index (Phi) is 3.44. The van der Waals surface area contributed by atoms with Gasteiger partial charge in [-0.1, -0.05) is 13.0 Å². The van der Waals surface area contributed by atoms with Gasteiger partial charge in [-0.15, -0.1) is 6.58 Å². The molecule has 2 unspecified atom stereocenters. The molecule has 0 aromatic heterocycles. The smallest absolute Gasteiger partial charge is 0.229 e. The van der Waals surface area contributed by atoms with Gasteiger partial charge < -0.3 is 10.0 Å². The highest BCUT2D eigenvalue weighted by atomic mass is 16.3. The maximum absolute atomic E-state index is 13.1. The molecule has 1 N–H and O–H groups in total. The van der Waals surface area contributed by atoms with E-state index in [9.17, 15) is 9.90 Å². The van der Waals surface area contributed by atoms with Crippen LogP contribution in [0.4, 0.5) is 0 Å². The quantitative estimate of drug-likeness (QED) is 0.785. The van der Waals surface area contributed by atoms with E-state index in [2.05, 4.69) is 13.5 Å². The van der Waals surface area contributed by atoms with Crippen molar-refractivity contribution in [2.45, 2.75) is 45.4 Å². The Morgan fingerprint density at radius 3 is 2.50 bits per heavy atom. The van der Waals surface area contributed by atoms with Crippen molar-refractivity contribution < 1.29 is 9.90 Å². The van der Waals surface area contributed by atoms with Crippen LogP contribution < -0.4 is 0 Å². The second kappa shape index (κ2) is 4.87. The van der Waals surface area contributed by atoms with Crippen LogP contribution in [0, 0.1) is 22.7 Å². The first-order valence-corrected chi connectivity index (χ1v) is 8.01. The number of nitrogens with zero attached hydrogens (tertiary/aromatic N) is 1. The molecule has 4 aliphatic rings. The van der Waals surface area contributed by atoms with Gasteiger partial charge in [0.25, 0.3) is 0 Å². The summed E-state index contributed by atoms with van der Waals surface area (Å²) >= 11 is 0. The van der Waals surface area contributed by atoms with E-state index >= 15 is 0 Å². The molecule has 0 spiro atoms. The van der Waals surface area contributed by atoms with Crippen molar-refractivity contribution in [3.63, 3.8) is 0 Å². The number of hydrogen-bond acceptors (Lipinski definition) is 2. The Bertz CT molecular complexity index is 403. The standard InChI is InChI=1S/C17H27NO2/c1-3-4-18(5-6-19)15(20)17-10-13-7-14(11-17)9-16(2,8-13)12-17/h3,13-14,19H,1,4-12H2,2H3. The summed E-state index contributed by atoms with van der Waals surface area (Å²) in [7, 11) is 0. The molecule has 3 heteroatoms. The number of aliphatic hydroxyl groups excluding tert-OH is 1. The van der Waals surface area contributed by atoms with Crippen molar-refractivity contribution in [2.75, 3.05) is 19.7 Å². The van der Waals surface area contributed by atoms with Crippen LogP contribution in [0.5, 0.6) is 0 Å². The average molecular weight is 277 g/mol. The van der Waals surface area contributed by atoms with Crippen molar-refractivity contribution in [1.82, 2.24) is 4.90 Å². The lowest BCUT2D eigenvalue weighted by atomic mass is 9.44. The summed E-state index contributed by atoms with van der Waals surface area (Å²) in [5.74, 6) is 1.79. The predicted molar refractivity (Wildman–Crippen MR) is 79.1 cm³/mol. The molecular weight excluding hydrogens is 250 g/mol. The molecule has 4 saturated carbocycles. The number of aliphatic hydroxyl groups is 1. The average Bonchev–Trinajstić information content (AvgIpc) is 2.34. The number of carbonyl (C=O) groups is 1. The molecule has 0 aromatic carbocycles. The SMILES string of the molecule is C=CCN(CCO)C(=O)C12CC3CC(CC(C)(C3)C1)C2. The molecule has 0 heterocycles. The van der Waals surface area contributed by atoms with Crippen LogP contribution in [0.2, 0.25) is 0 Å². The monoisotopic (exact) mass is 277 g/mol. The van der Waals surface area contributed by atoms with Crippen molar-refractivity contribution >= 4 is 5.91 Å². The summed E-state index contributed by atoms with van der Waals surface area (Å²) in [6.07, 6.45) is 8.97. The first kappa shape index (κ1) is 14.1. The van der Waals surface area contributed by atoms with Crippen LogP contribution >= 0.6 is 0 Å². The molecule has 4 fully saturated rings. The minimum atomic E-state index is -0.128. The normalized spacial score (nSPS) is 41.7. The Balaban J connectivity index is 1.84. The molecule has 0 saturated heterocycles. The second-order valence-corrected chi connectivity index (χ2v) is 7.82. The van der Waals surface area contributed by atoms with Gasteiger partial charge in [-0.3, -0.25) is 4.79 Å². The number of carbonyl (C=O) groups excluding carboxylic acids is 1. The number of rotatable bonds is 5. The molecule has 4 bridgehead atoms. The van der Waals surface area contributed by atoms with Gasteiger partial charge in [-0.25, -0.2) is 0 Å². The molecule has 4 rings (SSSR count). The van der Waals surface area contributed by atoms with E-state index in [1.54, 1.807) is 6.08 Å². The third-order valence-corrected chi connectivity index (χ3v) is 5.81. The topological polar surface area (TPSA) is 40.5 Å². The fourth-order valence-corrected chi connectivity index (χ4v) is 5.86. The van der Waals surface area contributed by atoms with Gasteiger partial charge in [0.15, 0.2) is 0 Å². The molecule has 4 aliphatic carbocycles. The van der Waals surface area contributed by atoms with E-state index in [-0.39, 0.29) is 17.9 Å². The Morgan fingerprint density at radius 1 is 1.35 bits per heavy atom. The van der Waals surface area contributed by atoms with Crippen LogP contribution in [0.15, 0.2) is 12.7 Å². The largest absolute Gasteiger partial charge is 0.395 e. The van der Waals surface area contributed by atoms with Crippen LogP contribution in [-0.2, 0) is 4.79 Å². The van der Waals surface area contributed by atoms with E-state index in [0.29, 0.717) is 18.5 Å². The second-order valence-electron chi connectivity index (χ2n) is 7.82. The molecule has 112 valence electrons. The van der Waals surface area contributed by atoms with Crippen LogP contribution in [-0.4, -0.2) is 35.6 Å². The van der Waals surface area contributed by atoms with Crippen molar-refractivity contribution in [1.29, 1.82) is 0 Å². The van der Waals surface area contributed by atoms with Gasteiger partial charge >= 0.3 is 0 Å². The number of hydrogen-bond donors (Lipinski definition) is 1. The van der Waals surface area contributed by atoms with Gasteiger partial charge in [-0.05, 0) is 55.8 Å². The first-order chi connectivity index (χ1) is 9.50. The fourth-order valence-electron chi connectivity index (χ4n) is 5.86. The lowest BCUT2D eigenvalue weighted by Crippen LogP contribution is -2.57. The number of amides is 1. The molecule has 20 heavy (non-hydrogen) atoms. The maximum atomic E-state index is 13.1. The summed E-state index contributed by atoms with van der Waals surface area (Å²) in [6.45, 7) is 7.18. The Morgan fingerprint density at radius 2 is 2.00 bits per heavy atom. The third kappa shape index (κ3) is 2.20. The van der Waals surface area contributed by atoms with Gasteiger partial charge in [-0.2, -0.15) is 0 Å². The van der Waals surface area contributed by atoms with Gasteiger partial charge in [0.2, 0.25) is 5.91 Å². The van der Waals surface area contributed by atoms with Gasteiger partial charge in [0, 0.05) is 13.1 Å². The lowest BCUT2D eigenvalue weighted by molar-refractivity contribution is -0.166. The Labute approximate surface area is 122 Å². The zero-order valence-corrected chi connectivity index (χ0v) is 12.6. The predicted octanol–water partition coefficient (Wildman–Crippen LogP) is 2.60. The van der Waals surface area contributed by atoms with Crippen LogP contribution in [0.1, 0.15) is 45.4 Å². The molecular formula is C17H27NO2. The van der Waals surface area contributed by atoms with Crippen LogP contribution in [0.3, 0.4) is 0 Å². The van der Waals surface area contributed by atoms with E-state index < -0.39 is 0 Å². The van der Waals surface area contributed by atoms with Gasteiger partial charge in [0.1, 0.15) is 0 Å². The molecule has 1 amide bonds. The zero-order valence-electron chi connectivity index (χ0n) is 12.6. The fraction of sp³-hybridized carbons (Fsp3) is 0.824. The van der Waals surface area contributed by atoms with E-state index in [1.165, 1.54) is 19.3 Å². The highest BCUT2D eigenvalue weighted by Crippen LogP contribution is 2.65. The minimum Gasteiger partial charge on any atom is -0.395 e. The van der Waals surface area contributed by atoms with E-state index in [0.717, 1.165) is 31.1 Å². The van der Waals surface area contributed by atoms with Crippen molar-refractivity contribution in [3.8, 4) is 0 Å². The van der Waals surface area contributed by atoms with E-state index in [4.69, 9.17) is 0 Å². The van der Waals surface area contributed by atoms with Crippen molar-refractivity contribution in [3.05, 3.63) is 12.7 Å². The third-order valence-electron chi connectivity index (χ3n) is 5.81. The zero-order chi connectivity index (χ0) is 14.4. The summed E-state index contributed by atoms with van der Waals surface area (Å²) in [5.41, 5.74) is 0.260. The molecule has 0 aromatic rings. The summed E-state index contributed by atoms with van der Waals surface area (Å²) in [5, 5.41) is 9.22. The highest BCUT2D eigenvalue weighted by molar-refractivity contribution is 5.83. The summed E-state index contributed by atoms with van der Waals surface area (Å²) in [6, 6.07) is 0. The Hall–Kier alpha value is -0.830. The lowest BCUT2D eigenvalue weighted by Gasteiger charge is -2.61. The molecule has 2 atom stereocenters. The molecule has 3 nitrogen and oxygen atoms in total. The summed E-state index contributed by atoms with van der Waals surface area (Å²) < 4.78 is 0. The minimum absolute atomic E-state index is 0.0415.